The van der Waals surface area contributed by atoms with Gasteiger partial charge in [0.15, 0.2) is 0 Å². The van der Waals surface area contributed by atoms with Gasteiger partial charge < -0.3 is 9.47 Å². The first kappa shape index (κ1) is 6.35. The fourth-order valence-electron chi connectivity index (χ4n) is 0.628. The SMILES string of the molecule is COC1OCCN1S. The summed E-state index contributed by atoms with van der Waals surface area (Å²) in [7, 11) is 1.60. The minimum Gasteiger partial charge on any atom is -0.342 e. The molecule has 1 saturated heterocycles. The molecule has 0 bridgehead atoms. The summed E-state index contributed by atoms with van der Waals surface area (Å²) >= 11 is 4.05. The van der Waals surface area contributed by atoms with Crippen LogP contribution in [0.5, 0.6) is 0 Å². The maximum Gasteiger partial charge on any atom is 0.227 e. The summed E-state index contributed by atoms with van der Waals surface area (Å²) in [5.74, 6) is 0. The second-order valence-electron chi connectivity index (χ2n) is 1.58. The van der Waals surface area contributed by atoms with Gasteiger partial charge in [-0.1, -0.05) is 12.8 Å². The molecule has 1 aliphatic heterocycles. The van der Waals surface area contributed by atoms with Gasteiger partial charge in [-0.25, -0.2) is 4.31 Å². The standard InChI is InChI=1S/C4H9NO2S/c1-6-4-5(8)2-3-7-4/h4,8H,2-3H2,1H3. The smallest absolute Gasteiger partial charge is 0.227 e. The Labute approximate surface area is 54.1 Å². The molecule has 0 aromatic carbocycles. The molecule has 3 nitrogen and oxygen atoms in total. The third-order valence-electron chi connectivity index (χ3n) is 1.03. The predicted octanol–water partition coefficient (Wildman–Crippen LogP) is 0.0934. The van der Waals surface area contributed by atoms with E-state index in [0.717, 1.165) is 6.54 Å². The number of nitrogens with zero attached hydrogens (tertiary/aromatic N) is 1. The molecule has 0 amide bonds. The van der Waals surface area contributed by atoms with E-state index < -0.39 is 0 Å². The van der Waals surface area contributed by atoms with E-state index in [1.165, 1.54) is 0 Å². The highest BCUT2D eigenvalue weighted by atomic mass is 32.1. The highest BCUT2D eigenvalue weighted by molar-refractivity contribution is 7.77. The van der Waals surface area contributed by atoms with E-state index in [-0.39, 0.29) is 6.41 Å². The molecule has 0 saturated carbocycles. The lowest BCUT2D eigenvalue weighted by Gasteiger charge is -2.12. The first-order valence-electron chi connectivity index (χ1n) is 2.44. The summed E-state index contributed by atoms with van der Waals surface area (Å²) in [6.07, 6.45) is -0.238. The summed E-state index contributed by atoms with van der Waals surface area (Å²) in [6, 6.07) is 0. The third kappa shape index (κ3) is 1.14. The molecule has 1 heterocycles. The van der Waals surface area contributed by atoms with Gasteiger partial charge in [0.2, 0.25) is 6.41 Å². The zero-order valence-electron chi connectivity index (χ0n) is 4.70. The molecule has 1 fully saturated rings. The highest BCUT2D eigenvalue weighted by Crippen LogP contribution is 2.11. The fraction of sp³-hybridized carbons (Fsp3) is 1.00. The van der Waals surface area contributed by atoms with Crippen LogP contribution in [0.2, 0.25) is 0 Å². The van der Waals surface area contributed by atoms with E-state index in [9.17, 15) is 0 Å². The Morgan fingerprint density at radius 1 is 1.88 bits per heavy atom. The largest absolute Gasteiger partial charge is 0.342 e. The van der Waals surface area contributed by atoms with Gasteiger partial charge in [-0.2, -0.15) is 0 Å². The van der Waals surface area contributed by atoms with Crippen LogP contribution >= 0.6 is 12.8 Å². The average molecular weight is 135 g/mol. The van der Waals surface area contributed by atoms with E-state index >= 15 is 0 Å². The van der Waals surface area contributed by atoms with Crippen LogP contribution in [-0.2, 0) is 9.47 Å². The van der Waals surface area contributed by atoms with E-state index in [0.29, 0.717) is 6.61 Å². The van der Waals surface area contributed by atoms with E-state index in [1.54, 1.807) is 11.4 Å². The summed E-state index contributed by atoms with van der Waals surface area (Å²) in [5, 5.41) is 0. The highest BCUT2D eigenvalue weighted by Gasteiger charge is 2.20. The fourth-order valence-corrected chi connectivity index (χ4v) is 0.871. The second-order valence-corrected chi connectivity index (χ2v) is 2.09. The van der Waals surface area contributed by atoms with Crippen molar-refractivity contribution in [3.05, 3.63) is 0 Å². The number of hydrogen-bond acceptors (Lipinski definition) is 4. The number of ether oxygens (including phenoxy) is 2. The van der Waals surface area contributed by atoms with Gasteiger partial charge in [-0.15, -0.1) is 0 Å². The molecule has 1 unspecified atom stereocenters. The van der Waals surface area contributed by atoms with E-state index in [2.05, 4.69) is 12.8 Å². The first-order chi connectivity index (χ1) is 3.84. The third-order valence-corrected chi connectivity index (χ3v) is 1.41. The van der Waals surface area contributed by atoms with Crippen molar-refractivity contribution in [3.8, 4) is 0 Å². The number of hydrogen-bond donors (Lipinski definition) is 1. The molecule has 0 N–H and O–H groups in total. The van der Waals surface area contributed by atoms with Gasteiger partial charge in [-0.3, -0.25) is 0 Å². The van der Waals surface area contributed by atoms with Crippen LogP contribution in [-0.4, -0.2) is 31.0 Å². The molecular formula is C4H9NO2S. The Morgan fingerprint density at radius 2 is 2.62 bits per heavy atom. The van der Waals surface area contributed by atoms with Crippen LogP contribution < -0.4 is 0 Å². The van der Waals surface area contributed by atoms with Crippen molar-refractivity contribution >= 4 is 12.8 Å². The van der Waals surface area contributed by atoms with Gasteiger partial charge in [0.25, 0.3) is 0 Å². The van der Waals surface area contributed by atoms with E-state index in [1.807, 2.05) is 0 Å². The second kappa shape index (κ2) is 2.68. The van der Waals surface area contributed by atoms with Gasteiger partial charge >= 0.3 is 0 Å². The van der Waals surface area contributed by atoms with Gasteiger partial charge in [0.05, 0.1) is 6.61 Å². The minimum absolute atomic E-state index is 0.238. The lowest BCUT2D eigenvalue weighted by atomic mass is 10.7. The van der Waals surface area contributed by atoms with Crippen molar-refractivity contribution < 1.29 is 9.47 Å². The Balaban J connectivity index is 2.30. The Bertz CT molecular complexity index is 80.4. The quantitative estimate of drug-likeness (QED) is 0.515. The zero-order chi connectivity index (χ0) is 5.98. The predicted molar refractivity (Wildman–Crippen MR) is 32.4 cm³/mol. The Hall–Kier alpha value is 0.230. The van der Waals surface area contributed by atoms with E-state index in [4.69, 9.17) is 9.47 Å². The van der Waals surface area contributed by atoms with Crippen LogP contribution in [0.4, 0.5) is 0 Å². The lowest BCUT2D eigenvalue weighted by molar-refractivity contribution is -0.128. The molecule has 4 heteroatoms. The monoisotopic (exact) mass is 135 g/mol. The van der Waals surface area contributed by atoms with Crippen LogP contribution in [0, 0.1) is 0 Å². The molecule has 0 spiro atoms. The van der Waals surface area contributed by atoms with Crippen LogP contribution in [0.25, 0.3) is 0 Å². The molecule has 0 aliphatic carbocycles. The molecule has 1 aliphatic rings. The van der Waals surface area contributed by atoms with Crippen molar-refractivity contribution in [3.63, 3.8) is 0 Å². The van der Waals surface area contributed by atoms with Gasteiger partial charge in [0, 0.05) is 13.7 Å². The summed E-state index contributed by atoms with van der Waals surface area (Å²) in [6.45, 7) is 1.55. The summed E-state index contributed by atoms with van der Waals surface area (Å²) in [5.41, 5.74) is 0. The first-order valence-corrected chi connectivity index (χ1v) is 2.84. The lowest BCUT2D eigenvalue weighted by Crippen LogP contribution is -2.22. The number of thiol groups is 1. The summed E-state index contributed by atoms with van der Waals surface area (Å²) < 4.78 is 11.6. The van der Waals surface area contributed by atoms with Crippen LogP contribution in [0.1, 0.15) is 0 Å². The minimum atomic E-state index is -0.238. The number of rotatable bonds is 1. The van der Waals surface area contributed by atoms with Crippen molar-refractivity contribution in [2.45, 2.75) is 6.41 Å². The molecule has 8 heavy (non-hydrogen) atoms. The number of methoxy groups -OCH3 is 1. The molecule has 0 radical (unpaired) electrons. The molecule has 0 aromatic heterocycles. The summed E-state index contributed by atoms with van der Waals surface area (Å²) in [4.78, 5) is 0. The maximum absolute atomic E-state index is 5.04. The van der Waals surface area contributed by atoms with Crippen molar-refractivity contribution in [1.29, 1.82) is 0 Å². The topological polar surface area (TPSA) is 21.7 Å². The van der Waals surface area contributed by atoms with Crippen molar-refractivity contribution in [2.75, 3.05) is 20.3 Å². The molecule has 1 rings (SSSR count). The van der Waals surface area contributed by atoms with Crippen molar-refractivity contribution in [1.82, 2.24) is 4.31 Å². The normalized spacial score (nSPS) is 31.5. The average Bonchev–Trinajstić information content (AvgIpc) is 2.14. The molecule has 48 valence electrons. The molecular weight excluding hydrogens is 126 g/mol. The van der Waals surface area contributed by atoms with Crippen LogP contribution in [0.3, 0.4) is 0 Å². The maximum atomic E-state index is 5.04. The Kier molecular flexibility index (Phi) is 2.13. The van der Waals surface area contributed by atoms with Gasteiger partial charge in [0.1, 0.15) is 0 Å². The molecule has 1 atom stereocenters. The zero-order valence-corrected chi connectivity index (χ0v) is 5.60. The van der Waals surface area contributed by atoms with Crippen LogP contribution in [0.15, 0.2) is 0 Å². The van der Waals surface area contributed by atoms with Crippen molar-refractivity contribution in [2.24, 2.45) is 0 Å². The molecule has 0 aromatic rings. The Morgan fingerprint density at radius 3 is 2.88 bits per heavy atom. The van der Waals surface area contributed by atoms with Gasteiger partial charge in [-0.05, 0) is 0 Å².